The zero-order chi connectivity index (χ0) is 22.0. The van der Waals surface area contributed by atoms with Crippen molar-refractivity contribution < 1.29 is 19.4 Å². The van der Waals surface area contributed by atoms with Gasteiger partial charge in [-0.2, -0.15) is 0 Å². The molecule has 2 aromatic carbocycles. The predicted molar refractivity (Wildman–Crippen MR) is 118 cm³/mol. The molecule has 0 bridgehead atoms. The molecule has 1 aromatic heterocycles. The van der Waals surface area contributed by atoms with E-state index in [1.54, 1.807) is 60.8 Å². The summed E-state index contributed by atoms with van der Waals surface area (Å²) in [6.45, 7) is 4.34. The average molecular weight is 414 g/mol. The fourth-order valence-corrected chi connectivity index (χ4v) is 3.65. The molecule has 1 N–H and O–H groups in total. The van der Waals surface area contributed by atoms with Crippen LogP contribution in [0.2, 0.25) is 0 Å². The quantitative estimate of drug-likeness (QED) is 0.380. The van der Waals surface area contributed by atoms with Gasteiger partial charge in [0, 0.05) is 17.4 Å². The van der Waals surface area contributed by atoms with E-state index in [-0.39, 0.29) is 11.3 Å². The van der Waals surface area contributed by atoms with Crippen molar-refractivity contribution in [1.82, 2.24) is 4.98 Å². The smallest absolute Gasteiger partial charge is 0.300 e. The van der Waals surface area contributed by atoms with Crippen molar-refractivity contribution in [1.29, 1.82) is 0 Å². The highest BCUT2D eigenvalue weighted by molar-refractivity contribution is 6.51. The van der Waals surface area contributed by atoms with Gasteiger partial charge < -0.3 is 9.84 Å². The standard InChI is InChI=1S/C25H22N2O4/c1-3-31-19-13-11-18(12-14-19)27-22(20-6-4-5-15-26-20)21(24(29)25(27)30)23(28)17-9-7-16(2)8-10-17/h4-15,22,28H,3H2,1-2H3/t22-/m0/s1. The lowest BCUT2D eigenvalue weighted by Gasteiger charge is -2.24. The Labute approximate surface area is 180 Å². The van der Waals surface area contributed by atoms with Crippen LogP contribution in [0.4, 0.5) is 5.69 Å². The average Bonchev–Trinajstić information content (AvgIpc) is 3.06. The van der Waals surface area contributed by atoms with E-state index in [2.05, 4.69) is 4.98 Å². The SMILES string of the molecule is CCOc1ccc(N2C(=O)C(=O)C(=C(O)c3ccc(C)cc3)[C@@H]2c2ccccn2)cc1. The van der Waals surface area contributed by atoms with Crippen LogP contribution in [0.15, 0.2) is 78.5 Å². The van der Waals surface area contributed by atoms with Crippen molar-refractivity contribution in [3.05, 3.63) is 95.3 Å². The second-order valence-corrected chi connectivity index (χ2v) is 7.22. The molecule has 1 saturated heterocycles. The van der Waals surface area contributed by atoms with E-state index in [1.807, 2.05) is 26.0 Å². The number of aromatic nitrogens is 1. The molecule has 6 nitrogen and oxygen atoms in total. The predicted octanol–water partition coefficient (Wildman–Crippen LogP) is 4.42. The summed E-state index contributed by atoms with van der Waals surface area (Å²) in [6.07, 6.45) is 1.60. The molecular formula is C25H22N2O4. The Hall–Kier alpha value is -3.93. The van der Waals surface area contributed by atoms with E-state index < -0.39 is 17.7 Å². The van der Waals surface area contributed by atoms with Gasteiger partial charge in [0.05, 0.1) is 17.9 Å². The monoisotopic (exact) mass is 414 g/mol. The number of aliphatic hydroxyl groups is 1. The number of hydrogen-bond acceptors (Lipinski definition) is 5. The van der Waals surface area contributed by atoms with Crippen LogP contribution in [0, 0.1) is 6.92 Å². The number of ketones is 1. The van der Waals surface area contributed by atoms with Gasteiger partial charge in [0.25, 0.3) is 11.7 Å². The number of aliphatic hydroxyl groups excluding tert-OH is 1. The molecule has 0 saturated carbocycles. The number of aryl methyl sites for hydroxylation is 1. The van der Waals surface area contributed by atoms with Crippen molar-refractivity contribution in [2.24, 2.45) is 0 Å². The van der Waals surface area contributed by atoms with Crippen LogP contribution in [-0.2, 0) is 9.59 Å². The van der Waals surface area contributed by atoms with Crippen LogP contribution in [0.5, 0.6) is 5.75 Å². The molecule has 31 heavy (non-hydrogen) atoms. The number of nitrogens with zero attached hydrogens (tertiary/aromatic N) is 2. The molecule has 0 radical (unpaired) electrons. The number of rotatable bonds is 5. The number of ether oxygens (including phenoxy) is 1. The summed E-state index contributed by atoms with van der Waals surface area (Å²) in [7, 11) is 0. The minimum atomic E-state index is -0.847. The van der Waals surface area contributed by atoms with E-state index in [4.69, 9.17) is 4.74 Å². The van der Waals surface area contributed by atoms with Gasteiger partial charge >= 0.3 is 0 Å². The number of hydrogen-bond donors (Lipinski definition) is 1. The molecule has 6 heteroatoms. The molecule has 1 fully saturated rings. The van der Waals surface area contributed by atoms with Gasteiger partial charge in [0.1, 0.15) is 17.6 Å². The molecule has 156 valence electrons. The van der Waals surface area contributed by atoms with Gasteiger partial charge in [-0.3, -0.25) is 19.5 Å². The van der Waals surface area contributed by atoms with Crippen molar-refractivity contribution in [3.63, 3.8) is 0 Å². The Kier molecular flexibility index (Phi) is 5.54. The maximum atomic E-state index is 13.1. The van der Waals surface area contributed by atoms with Gasteiger partial charge in [-0.15, -0.1) is 0 Å². The molecule has 1 aliphatic heterocycles. The molecule has 1 atom stereocenters. The molecule has 2 heterocycles. The summed E-state index contributed by atoms with van der Waals surface area (Å²) < 4.78 is 5.48. The molecule has 1 amide bonds. The number of Topliss-reactive ketones (excluding diaryl/α,β-unsaturated/α-hetero) is 1. The summed E-state index contributed by atoms with van der Waals surface area (Å²) in [5, 5.41) is 11.0. The minimum absolute atomic E-state index is 0.0152. The first-order chi connectivity index (χ1) is 15.0. The molecule has 3 aromatic rings. The van der Waals surface area contributed by atoms with Gasteiger partial charge in [-0.05, 0) is 50.2 Å². The number of anilines is 1. The third-order valence-corrected chi connectivity index (χ3v) is 5.16. The van der Waals surface area contributed by atoms with Crippen LogP contribution in [0.25, 0.3) is 5.76 Å². The van der Waals surface area contributed by atoms with E-state index in [1.165, 1.54) is 4.90 Å². The van der Waals surface area contributed by atoms with Crippen molar-refractivity contribution in [2.75, 3.05) is 11.5 Å². The van der Waals surface area contributed by atoms with Gasteiger partial charge in [0.15, 0.2) is 0 Å². The highest BCUT2D eigenvalue weighted by Crippen LogP contribution is 2.41. The molecular weight excluding hydrogens is 392 g/mol. The molecule has 0 spiro atoms. The third kappa shape index (κ3) is 3.80. The first-order valence-electron chi connectivity index (χ1n) is 10.0. The largest absolute Gasteiger partial charge is 0.507 e. The second-order valence-electron chi connectivity index (χ2n) is 7.22. The van der Waals surface area contributed by atoms with Crippen molar-refractivity contribution in [3.8, 4) is 5.75 Å². The van der Waals surface area contributed by atoms with Crippen molar-refractivity contribution in [2.45, 2.75) is 19.9 Å². The number of carbonyl (C=O) groups is 2. The van der Waals surface area contributed by atoms with Gasteiger partial charge in [0.2, 0.25) is 0 Å². The van der Waals surface area contributed by atoms with E-state index in [9.17, 15) is 14.7 Å². The zero-order valence-electron chi connectivity index (χ0n) is 17.3. The zero-order valence-corrected chi connectivity index (χ0v) is 17.3. The van der Waals surface area contributed by atoms with E-state index in [0.717, 1.165) is 5.56 Å². The minimum Gasteiger partial charge on any atom is -0.507 e. The summed E-state index contributed by atoms with van der Waals surface area (Å²) in [5.41, 5.74) is 2.51. The fraction of sp³-hybridized carbons (Fsp3) is 0.160. The normalized spacial score (nSPS) is 17.7. The van der Waals surface area contributed by atoms with Crippen LogP contribution in [0.1, 0.15) is 29.8 Å². The highest BCUT2D eigenvalue weighted by atomic mass is 16.5. The highest BCUT2D eigenvalue weighted by Gasteiger charge is 2.47. The first kappa shape index (κ1) is 20.3. The summed E-state index contributed by atoms with van der Waals surface area (Å²) in [4.78, 5) is 31.9. The summed E-state index contributed by atoms with van der Waals surface area (Å²) >= 11 is 0. The van der Waals surface area contributed by atoms with Crippen LogP contribution < -0.4 is 9.64 Å². The Bertz CT molecular complexity index is 1140. The summed E-state index contributed by atoms with van der Waals surface area (Å²) in [6, 6.07) is 18.5. The van der Waals surface area contributed by atoms with Crippen LogP contribution in [-0.4, -0.2) is 28.4 Å². The first-order valence-corrected chi connectivity index (χ1v) is 10.0. The lowest BCUT2D eigenvalue weighted by molar-refractivity contribution is -0.132. The Morgan fingerprint density at radius 3 is 2.35 bits per heavy atom. The Morgan fingerprint density at radius 2 is 1.74 bits per heavy atom. The Morgan fingerprint density at radius 1 is 1.03 bits per heavy atom. The topological polar surface area (TPSA) is 79.7 Å². The fourth-order valence-electron chi connectivity index (χ4n) is 3.65. The van der Waals surface area contributed by atoms with E-state index in [0.29, 0.717) is 29.3 Å². The molecule has 4 rings (SSSR count). The number of amides is 1. The lowest BCUT2D eigenvalue weighted by Crippen LogP contribution is -2.29. The molecule has 1 aliphatic rings. The number of benzene rings is 2. The second kappa shape index (κ2) is 8.44. The van der Waals surface area contributed by atoms with Crippen molar-refractivity contribution >= 4 is 23.1 Å². The summed E-state index contributed by atoms with van der Waals surface area (Å²) in [5.74, 6) is -1.02. The number of carbonyl (C=O) groups excluding carboxylic acids is 2. The van der Waals surface area contributed by atoms with E-state index >= 15 is 0 Å². The van der Waals surface area contributed by atoms with Gasteiger partial charge in [-0.1, -0.05) is 35.9 Å². The van der Waals surface area contributed by atoms with Crippen LogP contribution >= 0.6 is 0 Å². The third-order valence-electron chi connectivity index (χ3n) is 5.16. The maximum absolute atomic E-state index is 13.1. The molecule has 0 aliphatic carbocycles. The van der Waals surface area contributed by atoms with Crippen LogP contribution in [0.3, 0.4) is 0 Å². The van der Waals surface area contributed by atoms with Gasteiger partial charge in [-0.25, -0.2) is 0 Å². The maximum Gasteiger partial charge on any atom is 0.300 e. The molecule has 0 unspecified atom stereocenters. The lowest BCUT2D eigenvalue weighted by atomic mass is 9.97. The number of pyridine rings is 1. The Balaban J connectivity index is 1.87.